The smallest absolute Gasteiger partial charge is 0.195 e. The molecule has 1 aromatic carbocycles. The summed E-state index contributed by atoms with van der Waals surface area (Å²) in [6.45, 7) is 3.82. The van der Waals surface area contributed by atoms with Gasteiger partial charge in [-0.25, -0.2) is 4.98 Å². The molecule has 0 aliphatic heterocycles. The lowest BCUT2D eigenvalue weighted by molar-refractivity contribution is 0.471. The molecular weight excluding hydrogens is 166 g/mol. The lowest BCUT2D eigenvalue weighted by Crippen LogP contribution is -1.76. The molecule has 13 heavy (non-hydrogen) atoms. The van der Waals surface area contributed by atoms with E-state index < -0.39 is 0 Å². The summed E-state index contributed by atoms with van der Waals surface area (Å²) in [5.74, 6) is 0.975. The Morgan fingerprint density at radius 2 is 2.23 bits per heavy atom. The molecule has 0 radical (unpaired) electrons. The molecule has 2 rings (SSSR count). The average Bonchev–Trinajstić information content (AvgIpc) is 2.48. The van der Waals surface area contributed by atoms with Crippen molar-refractivity contribution in [2.45, 2.75) is 20.3 Å². The summed E-state index contributed by atoms with van der Waals surface area (Å²) in [4.78, 5) is 4.21. The second-order valence-corrected chi connectivity index (χ2v) is 3.07. The highest BCUT2D eigenvalue weighted by Gasteiger charge is 2.06. The predicted octanol–water partition coefficient (Wildman–Crippen LogP) is 2.40. The first-order valence-corrected chi connectivity index (χ1v) is 4.29. The summed E-state index contributed by atoms with van der Waals surface area (Å²) in [6.07, 6.45) is 0.772. The number of phenols is 1. The third-order valence-corrected chi connectivity index (χ3v) is 2.05. The highest BCUT2D eigenvalue weighted by atomic mass is 16.3. The molecule has 0 bridgehead atoms. The van der Waals surface area contributed by atoms with E-state index in [2.05, 4.69) is 4.98 Å². The van der Waals surface area contributed by atoms with E-state index >= 15 is 0 Å². The molecule has 0 saturated heterocycles. The van der Waals surface area contributed by atoms with Crippen LogP contribution < -0.4 is 0 Å². The van der Waals surface area contributed by atoms with Crippen LogP contribution in [0.3, 0.4) is 0 Å². The Kier molecular flexibility index (Phi) is 1.72. The number of aryl methyl sites for hydroxylation is 2. The van der Waals surface area contributed by atoms with E-state index in [1.54, 1.807) is 12.1 Å². The Morgan fingerprint density at radius 3 is 2.92 bits per heavy atom. The summed E-state index contributed by atoms with van der Waals surface area (Å²) in [5.41, 5.74) is 2.28. The van der Waals surface area contributed by atoms with Crippen molar-refractivity contribution < 1.29 is 9.52 Å². The highest BCUT2D eigenvalue weighted by molar-refractivity contribution is 5.75. The van der Waals surface area contributed by atoms with E-state index in [9.17, 15) is 5.11 Å². The lowest BCUT2D eigenvalue weighted by Gasteiger charge is -1.94. The Labute approximate surface area is 76.0 Å². The van der Waals surface area contributed by atoms with Crippen LogP contribution >= 0.6 is 0 Å². The van der Waals surface area contributed by atoms with Gasteiger partial charge in [0.25, 0.3) is 0 Å². The first-order chi connectivity index (χ1) is 6.20. The van der Waals surface area contributed by atoms with E-state index in [4.69, 9.17) is 4.42 Å². The van der Waals surface area contributed by atoms with Crippen molar-refractivity contribution in [2.24, 2.45) is 0 Å². The zero-order valence-corrected chi connectivity index (χ0v) is 7.66. The maximum Gasteiger partial charge on any atom is 0.195 e. The van der Waals surface area contributed by atoms with Crippen LogP contribution in [0, 0.1) is 6.92 Å². The fourth-order valence-corrected chi connectivity index (χ4v) is 1.26. The molecule has 0 amide bonds. The van der Waals surface area contributed by atoms with Crippen LogP contribution in [0.2, 0.25) is 0 Å². The van der Waals surface area contributed by atoms with Crippen LogP contribution in [-0.2, 0) is 6.42 Å². The van der Waals surface area contributed by atoms with Gasteiger partial charge in [-0.3, -0.25) is 0 Å². The van der Waals surface area contributed by atoms with Gasteiger partial charge in [-0.1, -0.05) is 6.92 Å². The molecule has 0 fully saturated rings. The highest BCUT2D eigenvalue weighted by Crippen LogP contribution is 2.24. The molecule has 0 aliphatic rings. The molecule has 3 nitrogen and oxygen atoms in total. The van der Waals surface area contributed by atoms with E-state index in [1.165, 1.54) is 0 Å². The molecule has 0 saturated carbocycles. The van der Waals surface area contributed by atoms with Crippen LogP contribution in [0.1, 0.15) is 18.4 Å². The topological polar surface area (TPSA) is 46.3 Å². The SMILES string of the molecule is CCc1nc2cc(O)c(C)cc2o1. The maximum absolute atomic E-state index is 9.42. The first-order valence-electron chi connectivity index (χ1n) is 4.29. The van der Waals surface area contributed by atoms with Crippen LogP contribution in [0.15, 0.2) is 16.5 Å². The molecule has 3 heteroatoms. The minimum absolute atomic E-state index is 0.267. The summed E-state index contributed by atoms with van der Waals surface area (Å²) in [6, 6.07) is 3.43. The standard InChI is InChI=1S/C10H11NO2/c1-3-10-11-7-5-8(12)6(2)4-9(7)13-10/h4-5,12H,3H2,1-2H3. The molecule has 0 aliphatic carbocycles. The van der Waals surface area contributed by atoms with Gasteiger partial charge in [0.05, 0.1) is 0 Å². The van der Waals surface area contributed by atoms with Crippen LogP contribution in [-0.4, -0.2) is 10.1 Å². The molecule has 0 spiro atoms. The number of benzene rings is 1. The number of aromatic nitrogens is 1. The Morgan fingerprint density at radius 1 is 1.46 bits per heavy atom. The zero-order valence-electron chi connectivity index (χ0n) is 7.66. The molecule has 68 valence electrons. The van der Waals surface area contributed by atoms with Crippen molar-refractivity contribution in [1.29, 1.82) is 0 Å². The summed E-state index contributed by atoms with van der Waals surface area (Å²) in [7, 11) is 0. The number of hydrogen-bond acceptors (Lipinski definition) is 3. The van der Waals surface area contributed by atoms with Gasteiger partial charge in [-0.05, 0) is 18.6 Å². The quantitative estimate of drug-likeness (QED) is 0.727. The average molecular weight is 177 g/mol. The molecule has 2 aromatic rings. The Balaban J connectivity index is 2.70. The normalized spacial score (nSPS) is 10.9. The zero-order chi connectivity index (χ0) is 9.42. The van der Waals surface area contributed by atoms with Gasteiger partial charge in [0.2, 0.25) is 0 Å². The van der Waals surface area contributed by atoms with Gasteiger partial charge < -0.3 is 9.52 Å². The summed E-state index contributed by atoms with van der Waals surface area (Å²) >= 11 is 0. The lowest BCUT2D eigenvalue weighted by atomic mass is 10.2. The number of oxazole rings is 1. The van der Waals surface area contributed by atoms with E-state index in [1.807, 2.05) is 13.8 Å². The van der Waals surface area contributed by atoms with Crippen molar-refractivity contribution in [3.8, 4) is 5.75 Å². The van der Waals surface area contributed by atoms with Crippen molar-refractivity contribution >= 4 is 11.1 Å². The molecule has 0 atom stereocenters. The predicted molar refractivity (Wildman–Crippen MR) is 49.8 cm³/mol. The van der Waals surface area contributed by atoms with Gasteiger partial charge in [0.15, 0.2) is 11.5 Å². The number of nitrogens with zero attached hydrogens (tertiary/aromatic N) is 1. The van der Waals surface area contributed by atoms with Gasteiger partial charge in [0.1, 0.15) is 11.3 Å². The van der Waals surface area contributed by atoms with E-state index in [0.29, 0.717) is 5.89 Å². The van der Waals surface area contributed by atoms with E-state index in [-0.39, 0.29) is 5.75 Å². The fraction of sp³-hybridized carbons (Fsp3) is 0.300. The van der Waals surface area contributed by atoms with Gasteiger partial charge in [-0.2, -0.15) is 0 Å². The second kappa shape index (κ2) is 2.76. The number of fused-ring (bicyclic) bond motifs is 1. The minimum atomic E-state index is 0.267. The van der Waals surface area contributed by atoms with Gasteiger partial charge >= 0.3 is 0 Å². The monoisotopic (exact) mass is 177 g/mol. The Hall–Kier alpha value is -1.51. The third kappa shape index (κ3) is 1.26. The van der Waals surface area contributed by atoms with Crippen LogP contribution in [0.4, 0.5) is 0 Å². The molecule has 1 N–H and O–H groups in total. The largest absolute Gasteiger partial charge is 0.508 e. The number of phenolic OH excluding ortho intramolecular Hbond substituents is 1. The van der Waals surface area contributed by atoms with Crippen molar-refractivity contribution in [2.75, 3.05) is 0 Å². The van der Waals surface area contributed by atoms with Gasteiger partial charge in [-0.15, -0.1) is 0 Å². The molecule has 0 unspecified atom stereocenters. The number of rotatable bonds is 1. The van der Waals surface area contributed by atoms with Crippen molar-refractivity contribution in [3.05, 3.63) is 23.6 Å². The maximum atomic E-state index is 9.42. The number of aromatic hydroxyl groups is 1. The second-order valence-electron chi connectivity index (χ2n) is 3.07. The number of hydrogen-bond donors (Lipinski definition) is 1. The summed E-state index contributed by atoms with van der Waals surface area (Å²) < 4.78 is 5.43. The van der Waals surface area contributed by atoms with Crippen molar-refractivity contribution in [1.82, 2.24) is 4.98 Å². The third-order valence-electron chi connectivity index (χ3n) is 2.05. The molecular formula is C10H11NO2. The molecule has 1 heterocycles. The van der Waals surface area contributed by atoms with Gasteiger partial charge in [0, 0.05) is 12.5 Å². The van der Waals surface area contributed by atoms with Crippen LogP contribution in [0.5, 0.6) is 5.75 Å². The Bertz CT molecular complexity index is 406. The summed E-state index contributed by atoms with van der Waals surface area (Å²) in [5, 5.41) is 9.42. The van der Waals surface area contributed by atoms with Crippen molar-refractivity contribution in [3.63, 3.8) is 0 Å². The fourth-order valence-electron chi connectivity index (χ4n) is 1.26. The first kappa shape index (κ1) is 8.10. The minimum Gasteiger partial charge on any atom is -0.508 e. The molecule has 1 aromatic heterocycles. The van der Waals surface area contributed by atoms with Crippen LogP contribution in [0.25, 0.3) is 11.1 Å². The van der Waals surface area contributed by atoms with E-state index in [0.717, 1.165) is 23.1 Å².